The van der Waals surface area contributed by atoms with Crippen molar-refractivity contribution >= 4 is 12.4 Å². The van der Waals surface area contributed by atoms with Crippen LogP contribution >= 0.6 is 12.4 Å². The second-order valence-electron chi connectivity index (χ2n) is 2.14. The predicted molar refractivity (Wildman–Crippen MR) is 34.2 cm³/mol. The van der Waals surface area contributed by atoms with Gasteiger partial charge in [0.1, 0.15) is 6.17 Å². The molecule has 3 heteroatoms. The number of halogens is 2. The molecule has 0 saturated carbocycles. The maximum atomic E-state index is 12.1. The Bertz CT molecular complexity index is 61.4. The maximum absolute atomic E-state index is 12.1. The molecular weight excluding hydrogens is 129 g/mol. The SMILES string of the molecule is C[C@@H]1C[C@H](F)CN1.Cl. The van der Waals surface area contributed by atoms with Crippen LogP contribution in [0.15, 0.2) is 0 Å². The Hall–Kier alpha value is 0.180. The molecule has 1 aliphatic heterocycles. The van der Waals surface area contributed by atoms with Crippen LogP contribution in [0, 0.1) is 0 Å². The minimum absolute atomic E-state index is 0. The Morgan fingerprint density at radius 3 is 2.38 bits per heavy atom. The molecule has 1 rings (SSSR count). The van der Waals surface area contributed by atoms with E-state index in [1.54, 1.807) is 0 Å². The van der Waals surface area contributed by atoms with E-state index in [1.807, 2.05) is 6.92 Å². The van der Waals surface area contributed by atoms with E-state index in [0.717, 1.165) is 0 Å². The van der Waals surface area contributed by atoms with Crippen LogP contribution in [0.2, 0.25) is 0 Å². The first-order chi connectivity index (χ1) is 3.29. The Morgan fingerprint density at radius 1 is 1.62 bits per heavy atom. The molecular formula is C5H11ClFN. The minimum Gasteiger partial charge on any atom is -0.311 e. The van der Waals surface area contributed by atoms with Crippen LogP contribution in [0.4, 0.5) is 4.39 Å². The Balaban J connectivity index is 0.000000490. The van der Waals surface area contributed by atoms with Crippen molar-refractivity contribution in [3.8, 4) is 0 Å². The average molecular weight is 140 g/mol. The van der Waals surface area contributed by atoms with Gasteiger partial charge >= 0.3 is 0 Å². The van der Waals surface area contributed by atoms with Gasteiger partial charge < -0.3 is 5.32 Å². The molecule has 0 aromatic carbocycles. The summed E-state index contributed by atoms with van der Waals surface area (Å²) in [7, 11) is 0. The fourth-order valence-electron chi connectivity index (χ4n) is 0.879. The second kappa shape index (κ2) is 3.25. The lowest BCUT2D eigenvalue weighted by molar-refractivity contribution is 0.357. The Morgan fingerprint density at radius 2 is 2.25 bits per heavy atom. The summed E-state index contributed by atoms with van der Waals surface area (Å²) < 4.78 is 12.1. The van der Waals surface area contributed by atoms with E-state index >= 15 is 0 Å². The standard InChI is InChI=1S/C5H10FN.ClH/c1-4-2-5(6)3-7-4;/h4-5,7H,2-3H2,1H3;1H/t4-,5+;/m1./s1. The molecule has 0 aliphatic carbocycles. The van der Waals surface area contributed by atoms with Gasteiger partial charge in [0.25, 0.3) is 0 Å². The molecule has 0 spiro atoms. The third-order valence-electron chi connectivity index (χ3n) is 1.30. The van der Waals surface area contributed by atoms with Crippen LogP contribution in [0.25, 0.3) is 0 Å². The highest BCUT2D eigenvalue weighted by atomic mass is 35.5. The lowest BCUT2D eigenvalue weighted by Crippen LogP contribution is -2.16. The minimum atomic E-state index is -0.588. The molecule has 50 valence electrons. The van der Waals surface area contributed by atoms with Crippen LogP contribution in [-0.4, -0.2) is 18.8 Å². The third kappa shape index (κ3) is 1.97. The van der Waals surface area contributed by atoms with Gasteiger partial charge in [-0.15, -0.1) is 12.4 Å². The van der Waals surface area contributed by atoms with Crippen LogP contribution in [0.1, 0.15) is 13.3 Å². The zero-order valence-electron chi connectivity index (χ0n) is 4.86. The number of hydrogen-bond donors (Lipinski definition) is 1. The summed E-state index contributed by atoms with van der Waals surface area (Å²) in [5, 5.41) is 2.99. The van der Waals surface area contributed by atoms with Gasteiger partial charge in [0.15, 0.2) is 0 Å². The second-order valence-corrected chi connectivity index (χ2v) is 2.14. The topological polar surface area (TPSA) is 12.0 Å². The van der Waals surface area contributed by atoms with Gasteiger partial charge in [-0.05, 0) is 13.3 Å². The molecule has 1 nitrogen and oxygen atoms in total. The highest BCUT2D eigenvalue weighted by Gasteiger charge is 2.18. The average Bonchev–Trinajstić information content (AvgIpc) is 1.87. The normalized spacial score (nSPS) is 36.8. The number of alkyl halides is 1. The van der Waals surface area contributed by atoms with Crippen molar-refractivity contribution in [2.75, 3.05) is 6.54 Å². The van der Waals surface area contributed by atoms with Gasteiger partial charge in [-0.2, -0.15) is 0 Å². The summed E-state index contributed by atoms with van der Waals surface area (Å²) in [5.74, 6) is 0. The molecule has 0 unspecified atom stereocenters. The summed E-state index contributed by atoms with van der Waals surface area (Å²) in [6.45, 7) is 2.56. The molecule has 0 aromatic heterocycles. The zero-order valence-corrected chi connectivity index (χ0v) is 5.67. The quantitative estimate of drug-likeness (QED) is 0.531. The van der Waals surface area contributed by atoms with Crippen molar-refractivity contribution in [2.24, 2.45) is 0 Å². The summed E-state index contributed by atoms with van der Waals surface area (Å²) in [6, 6.07) is 0.398. The lowest BCUT2D eigenvalue weighted by Gasteiger charge is -1.94. The van der Waals surface area contributed by atoms with Crippen molar-refractivity contribution in [2.45, 2.75) is 25.6 Å². The molecule has 0 amide bonds. The van der Waals surface area contributed by atoms with Gasteiger partial charge in [0, 0.05) is 12.6 Å². The molecule has 1 heterocycles. The molecule has 1 fully saturated rings. The highest BCUT2D eigenvalue weighted by Crippen LogP contribution is 2.07. The van der Waals surface area contributed by atoms with E-state index in [2.05, 4.69) is 5.32 Å². The van der Waals surface area contributed by atoms with Crippen LogP contribution < -0.4 is 5.32 Å². The van der Waals surface area contributed by atoms with Crippen LogP contribution in [0.3, 0.4) is 0 Å². The molecule has 1 N–H and O–H groups in total. The van der Waals surface area contributed by atoms with Gasteiger partial charge in [-0.25, -0.2) is 4.39 Å². The van der Waals surface area contributed by atoms with Gasteiger partial charge in [-0.1, -0.05) is 0 Å². The van der Waals surface area contributed by atoms with Crippen molar-refractivity contribution < 1.29 is 4.39 Å². The smallest absolute Gasteiger partial charge is 0.114 e. The number of nitrogens with one attached hydrogen (secondary N) is 1. The maximum Gasteiger partial charge on any atom is 0.114 e. The van der Waals surface area contributed by atoms with Crippen molar-refractivity contribution in [1.82, 2.24) is 5.32 Å². The summed E-state index contributed by atoms with van der Waals surface area (Å²) in [6.07, 6.45) is 0.106. The van der Waals surface area contributed by atoms with E-state index in [-0.39, 0.29) is 12.4 Å². The summed E-state index contributed by atoms with van der Waals surface area (Å²) >= 11 is 0. The van der Waals surface area contributed by atoms with Crippen molar-refractivity contribution in [3.63, 3.8) is 0 Å². The van der Waals surface area contributed by atoms with E-state index in [1.165, 1.54) is 0 Å². The molecule has 0 bridgehead atoms. The fourth-order valence-corrected chi connectivity index (χ4v) is 0.879. The van der Waals surface area contributed by atoms with Crippen molar-refractivity contribution in [3.05, 3.63) is 0 Å². The zero-order chi connectivity index (χ0) is 5.28. The molecule has 0 radical (unpaired) electrons. The molecule has 8 heavy (non-hydrogen) atoms. The number of hydrogen-bond acceptors (Lipinski definition) is 1. The molecule has 0 aromatic rings. The lowest BCUT2D eigenvalue weighted by atomic mass is 10.2. The predicted octanol–water partition coefficient (Wildman–Crippen LogP) is 1.13. The monoisotopic (exact) mass is 139 g/mol. The first-order valence-corrected chi connectivity index (χ1v) is 2.66. The van der Waals surface area contributed by atoms with E-state index in [4.69, 9.17) is 0 Å². The summed E-state index contributed by atoms with van der Waals surface area (Å²) in [4.78, 5) is 0. The molecule has 2 atom stereocenters. The van der Waals surface area contributed by atoms with E-state index in [9.17, 15) is 4.39 Å². The largest absolute Gasteiger partial charge is 0.311 e. The van der Waals surface area contributed by atoms with Gasteiger partial charge in [0.05, 0.1) is 0 Å². The van der Waals surface area contributed by atoms with Crippen LogP contribution in [0.5, 0.6) is 0 Å². The Kier molecular flexibility index (Phi) is 3.33. The molecule has 1 saturated heterocycles. The first kappa shape index (κ1) is 8.18. The first-order valence-electron chi connectivity index (χ1n) is 2.66. The van der Waals surface area contributed by atoms with Crippen molar-refractivity contribution in [1.29, 1.82) is 0 Å². The van der Waals surface area contributed by atoms with Gasteiger partial charge in [0.2, 0.25) is 0 Å². The Labute approximate surface area is 55.1 Å². The fraction of sp³-hybridized carbons (Fsp3) is 1.00. The van der Waals surface area contributed by atoms with Crippen LogP contribution in [-0.2, 0) is 0 Å². The third-order valence-corrected chi connectivity index (χ3v) is 1.30. The highest BCUT2D eigenvalue weighted by molar-refractivity contribution is 5.85. The van der Waals surface area contributed by atoms with E-state index in [0.29, 0.717) is 19.0 Å². The van der Waals surface area contributed by atoms with E-state index < -0.39 is 6.17 Å². The number of rotatable bonds is 0. The summed E-state index contributed by atoms with van der Waals surface area (Å²) in [5.41, 5.74) is 0. The molecule has 1 aliphatic rings. The van der Waals surface area contributed by atoms with Gasteiger partial charge in [-0.3, -0.25) is 0 Å².